The number of nitrogens with zero attached hydrogens (tertiary/aromatic N) is 4. The second kappa shape index (κ2) is 12.9. The normalized spacial score (nSPS) is 14.6. The zero-order valence-electron chi connectivity index (χ0n) is 21.9. The van der Waals surface area contributed by atoms with E-state index >= 15 is 0 Å². The van der Waals surface area contributed by atoms with E-state index in [0.717, 1.165) is 11.3 Å². The van der Waals surface area contributed by atoms with Crippen LogP contribution in [0.25, 0.3) is 0 Å². The lowest BCUT2D eigenvalue weighted by Gasteiger charge is -2.23. The van der Waals surface area contributed by atoms with Crippen molar-refractivity contribution in [3.8, 4) is 0 Å². The third kappa shape index (κ3) is 7.32. The number of fused-ring (bicyclic) bond motifs is 1. The van der Waals surface area contributed by atoms with Crippen LogP contribution in [0.15, 0.2) is 79.0 Å². The highest BCUT2D eigenvalue weighted by Crippen LogP contribution is 2.28. The molecule has 2 aromatic carbocycles. The molecular weight excluding hydrogens is 577 g/mol. The Bertz CT molecular complexity index is 1500. The summed E-state index contributed by atoms with van der Waals surface area (Å²) < 4.78 is 31.7. The number of aromatic nitrogens is 1. The molecule has 3 amide bonds. The van der Waals surface area contributed by atoms with Crippen molar-refractivity contribution in [3.05, 3.63) is 106 Å². The first-order valence-electron chi connectivity index (χ1n) is 12.6. The molecule has 218 valence electrons. The molecule has 0 atom stereocenters. The maximum absolute atomic E-state index is 13.3. The summed E-state index contributed by atoms with van der Waals surface area (Å²) in [6, 6.07) is 17.7. The van der Waals surface area contributed by atoms with Crippen LogP contribution >= 0.6 is 11.6 Å². The van der Waals surface area contributed by atoms with E-state index < -0.39 is 12.1 Å². The van der Waals surface area contributed by atoms with Crippen molar-refractivity contribution in [1.82, 2.24) is 14.8 Å². The summed E-state index contributed by atoms with van der Waals surface area (Å²) in [5.74, 6) is -3.26. The summed E-state index contributed by atoms with van der Waals surface area (Å²) >= 11 is 5.96. The van der Waals surface area contributed by atoms with Crippen LogP contribution in [-0.2, 0) is 22.7 Å². The van der Waals surface area contributed by atoms with E-state index in [2.05, 4.69) is 4.98 Å². The maximum atomic E-state index is 13.3. The van der Waals surface area contributed by atoms with Gasteiger partial charge in [0, 0.05) is 42.1 Å². The Kier molecular flexibility index (Phi) is 9.26. The standard InChI is InChI=1S/C27H23ClN4O3.C2HF3O2/c28-22-10-7-19(8-11-22)26(34)31-16-21-5-1-2-6-24(21)32(25(33)18-31)17-23-12-9-20(15-29-23)27(35)30-13-3-4-14-30;3-2(4,5)1(6)7/h1-12,15H,13-14,16-18H2;(H,6,7). The van der Waals surface area contributed by atoms with Gasteiger partial charge in [-0.3, -0.25) is 19.4 Å². The van der Waals surface area contributed by atoms with Crippen LogP contribution in [0.1, 0.15) is 32.0 Å². The fourth-order valence-electron chi connectivity index (χ4n) is 4.28. The van der Waals surface area contributed by atoms with Crippen LogP contribution in [0, 0.1) is 0 Å². The molecule has 0 saturated carbocycles. The Morgan fingerprint density at radius 1 is 0.857 bits per heavy atom. The van der Waals surface area contributed by atoms with Crippen LogP contribution < -0.4 is 4.90 Å². The zero-order valence-corrected chi connectivity index (χ0v) is 22.7. The van der Waals surface area contributed by atoms with Crippen molar-refractivity contribution < 1.29 is 37.5 Å². The van der Waals surface area contributed by atoms with Crippen LogP contribution in [0.2, 0.25) is 5.02 Å². The molecule has 9 nitrogen and oxygen atoms in total. The number of carboxylic acid groups (broad SMARTS) is 1. The van der Waals surface area contributed by atoms with Crippen molar-refractivity contribution >= 4 is 41.0 Å². The average molecular weight is 601 g/mol. The Balaban J connectivity index is 0.000000517. The number of carbonyl (C=O) groups is 4. The Morgan fingerprint density at radius 2 is 1.45 bits per heavy atom. The van der Waals surface area contributed by atoms with Gasteiger partial charge in [-0.2, -0.15) is 13.2 Å². The number of amides is 3. The topological polar surface area (TPSA) is 111 Å². The quantitative estimate of drug-likeness (QED) is 0.439. The Morgan fingerprint density at radius 3 is 2.05 bits per heavy atom. The van der Waals surface area contributed by atoms with Gasteiger partial charge in [0.15, 0.2) is 0 Å². The van der Waals surface area contributed by atoms with Gasteiger partial charge in [-0.1, -0.05) is 42.0 Å². The number of benzene rings is 2. The smallest absolute Gasteiger partial charge is 0.475 e. The van der Waals surface area contributed by atoms with E-state index in [1.54, 1.807) is 57.3 Å². The molecule has 0 bridgehead atoms. The lowest BCUT2D eigenvalue weighted by Crippen LogP contribution is -2.39. The number of carboxylic acids is 1. The molecule has 0 saturated heterocycles. The van der Waals surface area contributed by atoms with Gasteiger partial charge < -0.3 is 19.8 Å². The minimum atomic E-state index is -5.08. The molecule has 2 aliphatic rings. The predicted molar refractivity (Wildman–Crippen MR) is 147 cm³/mol. The van der Waals surface area contributed by atoms with Crippen molar-refractivity contribution in [2.45, 2.75) is 19.3 Å². The van der Waals surface area contributed by atoms with E-state index in [4.69, 9.17) is 21.5 Å². The van der Waals surface area contributed by atoms with Gasteiger partial charge in [-0.25, -0.2) is 4.79 Å². The van der Waals surface area contributed by atoms with Crippen molar-refractivity contribution in [3.63, 3.8) is 0 Å². The molecule has 0 radical (unpaired) electrons. The highest BCUT2D eigenvalue weighted by Gasteiger charge is 2.38. The van der Waals surface area contributed by atoms with Gasteiger partial charge in [-0.05, 0) is 48.0 Å². The van der Waals surface area contributed by atoms with Gasteiger partial charge in [0.2, 0.25) is 5.91 Å². The largest absolute Gasteiger partial charge is 0.490 e. The summed E-state index contributed by atoms with van der Waals surface area (Å²) in [6.07, 6.45) is 0.396. The minimum Gasteiger partial charge on any atom is -0.475 e. The van der Waals surface area contributed by atoms with Crippen molar-refractivity contribution in [2.75, 3.05) is 24.5 Å². The molecule has 0 aliphatic carbocycles. The van der Waals surface area contributed by atoms with Gasteiger partial charge in [-0.15, -0.1) is 0 Å². The number of rotatable bonds is 4. The van der Waals surface area contributed by atoms with E-state index in [1.165, 1.54) is 0 Å². The molecule has 3 aromatic rings. The molecule has 13 heteroatoms. The second-order valence-corrected chi connectivity index (χ2v) is 9.74. The van der Waals surface area contributed by atoms with Gasteiger partial charge in [0.1, 0.15) is 6.54 Å². The number of hydrogen-bond acceptors (Lipinski definition) is 5. The lowest BCUT2D eigenvalue weighted by atomic mass is 10.1. The SMILES string of the molecule is O=C(O)C(F)(F)F.O=C(c1ccc(CN2C(=O)CN(C(=O)c3ccc(Cl)cc3)Cc3ccccc32)nc1)N1CC=CC1. The van der Waals surface area contributed by atoms with E-state index in [1.807, 2.05) is 36.4 Å². The Labute approximate surface area is 243 Å². The van der Waals surface area contributed by atoms with Crippen LogP contribution in [0.5, 0.6) is 0 Å². The summed E-state index contributed by atoms with van der Waals surface area (Å²) in [7, 11) is 0. The number of para-hydroxylation sites is 1. The molecular formula is C29H24ClF3N4O5. The number of halogens is 4. The molecule has 1 N–H and O–H groups in total. The average Bonchev–Trinajstić information content (AvgIpc) is 3.47. The van der Waals surface area contributed by atoms with Crippen molar-refractivity contribution in [1.29, 1.82) is 0 Å². The third-order valence-corrected chi connectivity index (χ3v) is 6.64. The maximum Gasteiger partial charge on any atom is 0.490 e. The highest BCUT2D eigenvalue weighted by molar-refractivity contribution is 6.30. The van der Waals surface area contributed by atoms with E-state index in [-0.39, 0.29) is 30.8 Å². The summed E-state index contributed by atoms with van der Waals surface area (Å²) in [5.41, 5.74) is 3.26. The third-order valence-electron chi connectivity index (χ3n) is 6.39. The number of anilines is 1. The number of aliphatic carboxylic acids is 1. The number of carbonyl (C=O) groups excluding carboxylic acids is 3. The molecule has 0 spiro atoms. The van der Waals surface area contributed by atoms with E-state index in [0.29, 0.717) is 41.5 Å². The number of alkyl halides is 3. The van der Waals surface area contributed by atoms with Gasteiger partial charge in [0.25, 0.3) is 11.8 Å². The molecule has 1 aromatic heterocycles. The van der Waals surface area contributed by atoms with Gasteiger partial charge in [0.05, 0.1) is 17.8 Å². The predicted octanol–water partition coefficient (Wildman–Crippen LogP) is 4.57. The highest BCUT2D eigenvalue weighted by atomic mass is 35.5. The van der Waals surface area contributed by atoms with E-state index in [9.17, 15) is 27.6 Å². The molecule has 42 heavy (non-hydrogen) atoms. The second-order valence-electron chi connectivity index (χ2n) is 9.30. The van der Waals surface area contributed by atoms with Crippen molar-refractivity contribution in [2.24, 2.45) is 0 Å². The monoisotopic (exact) mass is 600 g/mol. The number of hydrogen-bond donors (Lipinski definition) is 1. The first-order valence-corrected chi connectivity index (χ1v) is 12.9. The molecule has 5 rings (SSSR count). The fourth-order valence-corrected chi connectivity index (χ4v) is 4.40. The number of pyridine rings is 1. The van der Waals surface area contributed by atoms with Gasteiger partial charge >= 0.3 is 12.1 Å². The minimum absolute atomic E-state index is 0.0608. The first kappa shape index (κ1) is 30.3. The summed E-state index contributed by atoms with van der Waals surface area (Å²) in [4.78, 5) is 57.4. The molecule has 2 aliphatic heterocycles. The molecule has 0 unspecified atom stereocenters. The Hall–Kier alpha value is -4.71. The van der Waals surface area contributed by atoms with Crippen LogP contribution in [0.4, 0.5) is 18.9 Å². The fraction of sp³-hybridized carbons (Fsp3) is 0.207. The summed E-state index contributed by atoms with van der Waals surface area (Å²) in [6.45, 7) is 1.69. The summed E-state index contributed by atoms with van der Waals surface area (Å²) in [5, 5.41) is 7.67. The lowest BCUT2D eigenvalue weighted by molar-refractivity contribution is -0.192. The first-order chi connectivity index (χ1) is 19.9. The van der Waals surface area contributed by atoms with Crippen LogP contribution in [-0.4, -0.2) is 69.4 Å². The zero-order chi connectivity index (χ0) is 30.4. The molecule has 3 heterocycles. The van der Waals surface area contributed by atoms with Crippen LogP contribution in [0.3, 0.4) is 0 Å². The molecule has 0 fully saturated rings.